The Morgan fingerprint density at radius 1 is 1.19 bits per heavy atom. The maximum Gasteiger partial charge on any atom is 0.269 e. The van der Waals surface area contributed by atoms with E-state index >= 15 is 0 Å². The van der Waals surface area contributed by atoms with Crippen molar-refractivity contribution in [3.63, 3.8) is 0 Å². The summed E-state index contributed by atoms with van der Waals surface area (Å²) in [5.74, 6) is -0.492. The van der Waals surface area contributed by atoms with Crippen LogP contribution in [0.15, 0.2) is 18.3 Å². The van der Waals surface area contributed by atoms with Crippen LogP contribution in [-0.2, 0) is 4.74 Å². The molecule has 0 aliphatic carbocycles. The molecular weight excluding hydrogens is 296 g/mol. The van der Waals surface area contributed by atoms with E-state index in [2.05, 4.69) is 20.9 Å². The maximum absolute atomic E-state index is 11.8. The Kier molecular flexibility index (Phi) is 10.1. The van der Waals surface area contributed by atoms with Crippen molar-refractivity contribution in [1.29, 1.82) is 0 Å². The number of pyridine rings is 1. The van der Waals surface area contributed by atoms with E-state index in [-0.39, 0.29) is 29.9 Å². The van der Waals surface area contributed by atoms with Crippen LogP contribution in [0.25, 0.3) is 0 Å². The van der Waals surface area contributed by atoms with Gasteiger partial charge in [-0.05, 0) is 12.1 Å². The van der Waals surface area contributed by atoms with E-state index in [1.807, 2.05) is 0 Å². The normalized spacial score (nSPS) is 9.62. The summed E-state index contributed by atoms with van der Waals surface area (Å²) in [5, 5.41) is 8.34. The highest BCUT2D eigenvalue weighted by Gasteiger charge is 2.08. The third-order valence-electron chi connectivity index (χ3n) is 2.56. The lowest BCUT2D eigenvalue weighted by Crippen LogP contribution is -2.33. The van der Waals surface area contributed by atoms with Crippen LogP contribution in [0.3, 0.4) is 0 Å². The minimum absolute atomic E-state index is 0. The molecule has 1 rings (SSSR count). The fourth-order valence-electron chi connectivity index (χ4n) is 1.46. The highest BCUT2D eigenvalue weighted by atomic mass is 35.5. The molecule has 21 heavy (non-hydrogen) atoms. The van der Waals surface area contributed by atoms with E-state index in [1.54, 1.807) is 13.2 Å². The first-order valence-corrected chi connectivity index (χ1v) is 6.35. The third-order valence-corrected chi connectivity index (χ3v) is 2.56. The molecule has 0 aliphatic heterocycles. The van der Waals surface area contributed by atoms with Crippen LogP contribution in [0.1, 0.15) is 20.8 Å². The Morgan fingerprint density at radius 3 is 2.52 bits per heavy atom. The van der Waals surface area contributed by atoms with E-state index in [0.29, 0.717) is 25.3 Å². The van der Waals surface area contributed by atoms with Crippen LogP contribution in [0.5, 0.6) is 0 Å². The van der Waals surface area contributed by atoms with Crippen molar-refractivity contribution in [2.24, 2.45) is 0 Å². The van der Waals surface area contributed by atoms with E-state index in [0.717, 1.165) is 6.54 Å². The van der Waals surface area contributed by atoms with Crippen molar-refractivity contribution >= 4 is 24.2 Å². The van der Waals surface area contributed by atoms with E-state index < -0.39 is 0 Å². The summed E-state index contributed by atoms with van der Waals surface area (Å²) in [5.41, 5.74) is 0.708. The van der Waals surface area contributed by atoms with Crippen LogP contribution in [0.4, 0.5) is 0 Å². The first-order chi connectivity index (χ1) is 9.69. The molecule has 0 saturated heterocycles. The molecule has 1 aromatic heterocycles. The minimum atomic E-state index is -0.278. The number of carbonyl (C=O) groups is 2. The number of hydrogen-bond acceptors (Lipinski definition) is 5. The molecule has 0 fully saturated rings. The van der Waals surface area contributed by atoms with Crippen LogP contribution < -0.4 is 16.0 Å². The van der Waals surface area contributed by atoms with Gasteiger partial charge in [-0.2, -0.15) is 0 Å². The van der Waals surface area contributed by atoms with Crippen molar-refractivity contribution in [3.8, 4) is 0 Å². The van der Waals surface area contributed by atoms with Gasteiger partial charge >= 0.3 is 0 Å². The van der Waals surface area contributed by atoms with Crippen LogP contribution in [0.2, 0.25) is 0 Å². The zero-order chi connectivity index (χ0) is 14.8. The van der Waals surface area contributed by atoms with Crippen molar-refractivity contribution in [2.75, 3.05) is 40.4 Å². The summed E-state index contributed by atoms with van der Waals surface area (Å²) >= 11 is 0. The summed E-state index contributed by atoms with van der Waals surface area (Å²) in [6, 6.07) is 3.09. The predicted octanol–water partition coefficient (Wildman–Crippen LogP) is -0.171. The van der Waals surface area contributed by atoms with E-state index in [4.69, 9.17) is 4.74 Å². The number of carbonyl (C=O) groups excluding carboxylic acids is 2. The first kappa shape index (κ1) is 19.3. The number of ether oxygens (including phenoxy) is 1. The summed E-state index contributed by atoms with van der Waals surface area (Å²) in [6.45, 7) is 2.56. The van der Waals surface area contributed by atoms with Gasteiger partial charge in [0.1, 0.15) is 5.69 Å². The molecule has 1 heterocycles. The van der Waals surface area contributed by atoms with Gasteiger partial charge in [-0.1, -0.05) is 0 Å². The Hall–Kier alpha value is -1.70. The molecule has 0 spiro atoms. The quantitative estimate of drug-likeness (QED) is 0.579. The average Bonchev–Trinajstić information content (AvgIpc) is 2.50. The lowest BCUT2D eigenvalue weighted by molar-refractivity contribution is 0.0942. The van der Waals surface area contributed by atoms with Crippen molar-refractivity contribution in [2.45, 2.75) is 0 Å². The fourth-order valence-corrected chi connectivity index (χ4v) is 1.46. The highest BCUT2D eigenvalue weighted by molar-refractivity contribution is 5.96. The van der Waals surface area contributed by atoms with Crippen molar-refractivity contribution < 1.29 is 14.3 Å². The first-order valence-electron chi connectivity index (χ1n) is 6.35. The second-order valence-corrected chi connectivity index (χ2v) is 4.01. The number of nitrogens with one attached hydrogen (secondary N) is 3. The summed E-state index contributed by atoms with van der Waals surface area (Å²) in [6.07, 6.45) is 1.39. The number of nitrogens with zero attached hydrogens (tertiary/aromatic N) is 1. The molecule has 0 unspecified atom stereocenters. The lowest BCUT2D eigenvalue weighted by atomic mass is 10.2. The summed E-state index contributed by atoms with van der Waals surface area (Å²) in [4.78, 5) is 27.0. The topological polar surface area (TPSA) is 92.4 Å². The molecule has 7 nitrogen and oxygen atoms in total. The smallest absolute Gasteiger partial charge is 0.269 e. The van der Waals surface area contributed by atoms with Gasteiger partial charge in [-0.25, -0.2) is 0 Å². The Balaban J connectivity index is 0.00000400. The van der Waals surface area contributed by atoms with Crippen molar-refractivity contribution in [3.05, 3.63) is 29.6 Å². The second kappa shape index (κ2) is 11.0. The van der Waals surface area contributed by atoms with Gasteiger partial charge in [0.25, 0.3) is 11.8 Å². The highest BCUT2D eigenvalue weighted by Crippen LogP contribution is 2.00. The number of aromatic nitrogens is 1. The molecule has 0 saturated carbocycles. The van der Waals surface area contributed by atoms with Gasteiger partial charge in [0, 0.05) is 40.0 Å². The second-order valence-electron chi connectivity index (χ2n) is 4.01. The molecule has 3 N–H and O–H groups in total. The minimum Gasteiger partial charge on any atom is -0.383 e. The molecule has 0 aromatic carbocycles. The third kappa shape index (κ3) is 7.03. The monoisotopic (exact) mass is 316 g/mol. The molecule has 0 radical (unpaired) electrons. The molecule has 118 valence electrons. The number of halogens is 1. The molecule has 2 amide bonds. The standard InChI is InChI=1S/C13H20N4O3.ClH/c1-14-13(19)11-4-3-10(9-17-11)12(18)16-6-5-15-7-8-20-2;/h3-4,9,15H,5-8H2,1-2H3,(H,14,19)(H,16,18);1H. The average molecular weight is 317 g/mol. The zero-order valence-electron chi connectivity index (χ0n) is 12.1. The summed E-state index contributed by atoms with van der Waals surface area (Å²) in [7, 11) is 3.17. The largest absolute Gasteiger partial charge is 0.383 e. The van der Waals surface area contributed by atoms with E-state index in [9.17, 15) is 9.59 Å². The molecule has 0 atom stereocenters. The van der Waals surface area contributed by atoms with Gasteiger partial charge in [-0.15, -0.1) is 12.4 Å². The number of amides is 2. The van der Waals surface area contributed by atoms with Gasteiger partial charge in [0.05, 0.1) is 12.2 Å². The number of hydrogen-bond donors (Lipinski definition) is 3. The Bertz CT molecular complexity index is 440. The fraction of sp³-hybridized carbons (Fsp3) is 0.462. The van der Waals surface area contributed by atoms with Gasteiger partial charge in [0.15, 0.2) is 0 Å². The van der Waals surface area contributed by atoms with Crippen LogP contribution in [0, 0.1) is 0 Å². The van der Waals surface area contributed by atoms with Crippen LogP contribution in [-0.4, -0.2) is 57.2 Å². The van der Waals surface area contributed by atoms with Gasteiger partial charge in [0.2, 0.25) is 0 Å². The van der Waals surface area contributed by atoms with Gasteiger partial charge in [-0.3, -0.25) is 14.6 Å². The number of methoxy groups -OCH3 is 1. The number of rotatable bonds is 8. The predicted molar refractivity (Wildman–Crippen MR) is 82.0 cm³/mol. The maximum atomic E-state index is 11.8. The summed E-state index contributed by atoms with van der Waals surface area (Å²) < 4.78 is 4.89. The Morgan fingerprint density at radius 2 is 1.95 bits per heavy atom. The van der Waals surface area contributed by atoms with E-state index in [1.165, 1.54) is 19.3 Å². The van der Waals surface area contributed by atoms with Crippen LogP contribution >= 0.6 is 12.4 Å². The Labute approximate surface area is 130 Å². The molecule has 1 aromatic rings. The molecular formula is C13H21ClN4O3. The molecule has 0 aliphatic rings. The molecule has 0 bridgehead atoms. The van der Waals surface area contributed by atoms with Gasteiger partial charge < -0.3 is 20.7 Å². The lowest BCUT2D eigenvalue weighted by Gasteiger charge is -2.06. The molecule has 8 heteroatoms. The van der Waals surface area contributed by atoms with Crippen molar-refractivity contribution in [1.82, 2.24) is 20.9 Å². The SMILES string of the molecule is CNC(=O)c1ccc(C(=O)NCCNCCOC)cn1.Cl. The zero-order valence-corrected chi connectivity index (χ0v) is 13.0.